The zero-order chi connectivity index (χ0) is 15.0. The molecule has 114 valence electrons. The second-order valence-corrected chi connectivity index (χ2v) is 7.10. The molecule has 1 unspecified atom stereocenters. The number of nitrogens with two attached hydrogens (primary N) is 1. The fraction of sp³-hybridized carbons (Fsp3) is 0.600. The van der Waals surface area contributed by atoms with Gasteiger partial charge in [0, 0.05) is 25.0 Å². The lowest BCUT2D eigenvalue weighted by Gasteiger charge is -2.22. The Balaban J connectivity index is 1.89. The Labute approximate surface area is 129 Å². The Morgan fingerprint density at radius 2 is 2.29 bits per heavy atom. The molecule has 2 aromatic rings. The van der Waals surface area contributed by atoms with E-state index in [0.717, 1.165) is 35.5 Å². The van der Waals surface area contributed by atoms with Crippen molar-refractivity contribution in [2.75, 3.05) is 44.4 Å². The van der Waals surface area contributed by atoms with Crippen molar-refractivity contribution in [2.24, 2.45) is 5.92 Å². The molecule has 2 aromatic heterocycles. The monoisotopic (exact) mass is 305 g/mol. The Kier molecular flexibility index (Phi) is 3.99. The number of hydrogen-bond donors (Lipinski definition) is 1. The van der Waals surface area contributed by atoms with Crippen molar-refractivity contribution < 1.29 is 0 Å². The van der Waals surface area contributed by atoms with Gasteiger partial charge in [0.2, 0.25) is 5.95 Å². The molecule has 0 aliphatic carbocycles. The number of rotatable bonds is 4. The minimum Gasteiger partial charge on any atom is -0.368 e. The molecule has 0 saturated carbocycles. The van der Waals surface area contributed by atoms with Gasteiger partial charge in [-0.2, -0.15) is 4.98 Å². The van der Waals surface area contributed by atoms with Crippen LogP contribution in [0, 0.1) is 5.92 Å². The number of thiophene rings is 1. The van der Waals surface area contributed by atoms with Gasteiger partial charge in [0.1, 0.15) is 10.6 Å². The van der Waals surface area contributed by atoms with Gasteiger partial charge in [0.25, 0.3) is 0 Å². The van der Waals surface area contributed by atoms with Crippen LogP contribution in [0.2, 0.25) is 0 Å². The third kappa shape index (κ3) is 2.96. The molecule has 0 aromatic carbocycles. The Hall–Kier alpha value is -1.40. The number of likely N-dealkylation sites (tertiary alicyclic amines) is 1. The van der Waals surface area contributed by atoms with E-state index in [1.54, 1.807) is 11.3 Å². The van der Waals surface area contributed by atoms with Crippen molar-refractivity contribution in [2.45, 2.75) is 19.8 Å². The first-order valence-electron chi connectivity index (χ1n) is 7.52. The van der Waals surface area contributed by atoms with Gasteiger partial charge >= 0.3 is 0 Å². The highest BCUT2D eigenvalue weighted by Crippen LogP contribution is 2.32. The second-order valence-electron chi connectivity index (χ2n) is 5.99. The maximum absolute atomic E-state index is 5.89. The van der Waals surface area contributed by atoms with Crippen molar-refractivity contribution in [3.63, 3.8) is 0 Å². The summed E-state index contributed by atoms with van der Waals surface area (Å²) in [4.78, 5) is 15.9. The summed E-state index contributed by atoms with van der Waals surface area (Å²) in [7, 11) is 4.30. The van der Waals surface area contributed by atoms with Gasteiger partial charge in [0.05, 0.1) is 5.39 Å². The lowest BCUT2D eigenvalue weighted by molar-refractivity contribution is 0.396. The SMILES string of the molecule is CCc1cc2c(N(C)CC3CCN(C)C3)nc(N)nc2s1. The number of aryl methyl sites for hydroxylation is 1. The normalized spacial score (nSPS) is 19.5. The fourth-order valence-corrected chi connectivity index (χ4v) is 4.06. The smallest absolute Gasteiger partial charge is 0.223 e. The van der Waals surface area contributed by atoms with E-state index in [1.807, 2.05) is 0 Å². The van der Waals surface area contributed by atoms with Crippen LogP contribution in [0.5, 0.6) is 0 Å². The Morgan fingerprint density at radius 1 is 1.48 bits per heavy atom. The zero-order valence-electron chi connectivity index (χ0n) is 13.0. The van der Waals surface area contributed by atoms with Gasteiger partial charge < -0.3 is 15.5 Å². The maximum atomic E-state index is 5.89. The topological polar surface area (TPSA) is 58.3 Å². The van der Waals surface area contributed by atoms with Crippen molar-refractivity contribution in [1.82, 2.24) is 14.9 Å². The quantitative estimate of drug-likeness (QED) is 0.938. The van der Waals surface area contributed by atoms with Gasteiger partial charge in [-0.3, -0.25) is 0 Å². The minimum absolute atomic E-state index is 0.373. The molecule has 1 aliphatic heterocycles. The van der Waals surface area contributed by atoms with Gasteiger partial charge in [-0.05, 0) is 38.4 Å². The van der Waals surface area contributed by atoms with Gasteiger partial charge in [-0.25, -0.2) is 4.98 Å². The predicted molar refractivity (Wildman–Crippen MR) is 90.1 cm³/mol. The average molecular weight is 305 g/mol. The molecule has 2 N–H and O–H groups in total. The van der Waals surface area contributed by atoms with Crippen LogP contribution in [-0.2, 0) is 6.42 Å². The van der Waals surface area contributed by atoms with E-state index < -0.39 is 0 Å². The molecule has 1 aliphatic rings. The Morgan fingerprint density at radius 3 is 2.95 bits per heavy atom. The molecule has 1 fully saturated rings. The first-order valence-corrected chi connectivity index (χ1v) is 8.34. The summed E-state index contributed by atoms with van der Waals surface area (Å²) in [5, 5.41) is 1.14. The third-order valence-corrected chi connectivity index (χ3v) is 5.35. The molecule has 1 saturated heterocycles. The largest absolute Gasteiger partial charge is 0.368 e. The minimum atomic E-state index is 0.373. The van der Waals surface area contributed by atoms with E-state index in [4.69, 9.17) is 5.73 Å². The standard InChI is InChI=1S/C15H23N5S/c1-4-11-7-12-13(17-15(16)18-14(12)21-11)20(3)9-10-5-6-19(2)8-10/h7,10H,4-6,8-9H2,1-3H3,(H2,16,17,18). The highest BCUT2D eigenvalue weighted by Gasteiger charge is 2.22. The van der Waals surface area contributed by atoms with Crippen LogP contribution in [0.1, 0.15) is 18.2 Å². The number of anilines is 2. The summed E-state index contributed by atoms with van der Waals surface area (Å²) < 4.78 is 0. The van der Waals surface area contributed by atoms with Crippen molar-refractivity contribution in [3.05, 3.63) is 10.9 Å². The van der Waals surface area contributed by atoms with Crippen LogP contribution in [0.15, 0.2) is 6.07 Å². The van der Waals surface area contributed by atoms with E-state index in [-0.39, 0.29) is 0 Å². The maximum Gasteiger partial charge on any atom is 0.223 e. The van der Waals surface area contributed by atoms with Crippen LogP contribution in [0.4, 0.5) is 11.8 Å². The molecule has 0 spiro atoms. The van der Waals surface area contributed by atoms with E-state index in [9.17, 15) is 0 Å². The van der Waals surface area contributed by atoms with Gasteiger partial charge in [-0.1, -0.05) is 6.92 Å². The van der Waals surface area contributed by atoms with Gasteiger partial charge in [0.15, 0.2) is 0 Å². The van der Waals surface area contributed by atoms with Crippen LogP contribution in [-0.4, -0.2) is 48.6 Å². The Bertz CT molecular complexity index is 638. The molecule has 21 heavy (non-hydrogen) atoms. The van der Waals surface area contributed by atoms with Crippen LogP contribution < -0.4 is 10.6 Å². The summed E-state index contributed by atoms with van der Waals surface area (Å²) in [6.45, 7) is 5.54. The summed E-state index contributed by atoms with van der Waals surface area (Å²) in [6.07, 6.45) is 2.28. The molecular weight excluding hydrogens is 282 g/mol. The lowest BCUT2D eigenvalue weighted by Crippen LogP contribution is -2.28. The van der Waals surface area contributed by atoms with Crippen LogP contribution in [0.3, 0.4) is 0 Å². The molecule has 5 nitrogen and oxygen atoms in total. The van der Waals surface area contributed by atoms with E-state index in [0.29, 0.717) is 11.9 Å². The second kappa shape index (κ2) is 5.77. The number of aromatic nitrogens is 2. The first kappa shape index (κ1) is 14.5. The zero-order valence-corrected chi connectivity index (χ0v) is 13.8. The molecule has 0 bridgehead atoms. The third-order valence-electron chi connectivity index (χ3n) is 4.17. The summed E-state index contributed by atoms with van der Waals surface area (Å²) in [6, 6.07) is 2.21. The van der Waals surface area contributed by atoms with E-state index in [1.165, 1.54) is 17.8 Å². The summed E-state index contributed by atoms with van der Waals surface area (Å²) >= 11 is 1.72. The van der Waals surface area contributed by atoms with Crippen molar-refractivity contribution in [3.8, 4) is 0 Å². The predicted octanol–water partition coefficient (Wildman–Crippen LogP) is 2.22. The molecule has 6 heteroatoms. The molecule has 3 rings (SSSR count). The van der Waals surface area contributed by atoms with E-state index >= 15 is 0 Å². The molecule has 0 radical (unpaired) electrons. The number of nitrogen functional groups attached to an aromatic ring is 1. The number of nitrogens with zero attached hydrogens (tertiary/aromatic N) is 4. The molecule has 1 atom stereocenters. The highest BCUT2D eigenvalue weighted by molar-refractivity contribution is 7.18. The summed E-state index contributed by atoms with van der Waals surface area (Å²) in [5.41, 5.74) is 5.89. The molecule has 3 heterocycles. The highest BCUT2D eigenvalue weighted by atomic mass is 32.1. The average Bonchev–Trinajstić information content (AvgIpc) is 3.03. The van der Waals surface area contributed by atoms with Gasteiger partial charge in [-0.15, -0.1) is 11.3 Å². The van der Waals surface area contributed by atoms with Crippen LogP contribution in [0.25, 0.3) is 10.2 Å². The van der Waals surface area contributed by atoms with E-state index in [2.05, 4.69) is 46.9 Å². The van der Waals surface area contributed by atoms with Crippen molar-refractivity contribution in [1.29, 1.82) is 0 Å². The fourth-order valence-electron chi connectivity index (χ4n) is 3.09. The molecular formula is C15H23N5S. The lowest BCUT2D eigenvalue weighted by atomic mass is 10.1. The van der Waals surface area contributed by atoms with Crippen molar-refractivity contribution >= 4 is 33.3 Å². The first-order chi connectivity index (χ1) is 10.1. The van der Waals surface area contributed by atoms with Crippen LogP contribution >= 0.6 is 11.3 Å². The number of fused-ring (bicyclic) bond motifs is 1. The summed E-state index contributed by atoms with van der Waals surface area (Å²) in [5.74, 6) is 2.05. The number of hydrogen-bond acceptors (Lipinski definition) is 6. The molecule has 0 amide bonds.